The molecule has 1 rings (SSSR count). The van der Waals surface area contributed by atoms with Gasteiger partial charge < -0.3 is 10.4 Å². The molecule has 0 aliphatic rings. The number of rotatable bonds is 5. The Morgan fingerprint density at radius 2 is 2.11 bits per heavy atom. The number of hydrogen-bond acceptors (Lipinski definition) is 3. The van der Waals surface area contributed by atoms with Gasteiger partial charge in [0, 0.05) is 16.7 Å². The molecule has 0 fully saturated rings. The molecule has 0 bridgehead atoms. The lowest BCUT2D eigenvalue weighted by atomic mass is 10.0. The average molecular weight is 315 g/mol. The van der Waals surface area contributed by atoms with Crippen LogP contribution in [0.4, 0.5) is 0 Å². The van der Waals surface area contributed by atoms with Gasteiger partial charge in [0.1, 0.15) is 5.69 Å². The van der Waals surface area contributed by atoms with Gasteiger partial charge in [-0.05, 0) is 34.0 Å². The van der Waals surface area contributed by atoms with Gasteiger partial charge in [-0.3, -0.25) is 9.59 Å². The molecule has 0 spiro atoms. The highest BCUT2D eigenvalue weighted by atomic mass is 79.9. The number of carboxylic acid groups (broad SMARTS) is 1. The van der Waals surface area contributed by atoms with Gasteiger partial charge in [-0.2, -0.15) is 0 Å². The number of carbonyl (C=O) groups excluding carboxylic acids is 1. The first-order valence-electron chi connectivity index (χ1n) is 5.54. The quantitative estimate of drug-likeness (QED) is 0.872. The van der Waals surface area contributed by atoms with Gasteiger partial charge in [0.05, 0.1) is 6.42 Å². The van der Waals surface area contributed by atoms with Crippen LogP contribution in [-0.2, 0) is 4.79 Å². The fourth-order valence-electron chi connectivity index (χ4n) is 1.39. The maximum Gasteiger partial charge on any atom is 0.305 e. The van der Waals surface area contributed by atoms with Crippen molar-refractivity contribution in [2.75, 3.05) is 0 Å². The molecule has 1 aromatic rings. The SMILES string of the molecule is CC(C)C(CC(=O)O)NC(=O)c1ccc(Br)cn1. The maximum atomic E-state index is 11.9. The second kappa shape index (κ2) is 6.49. The van der Waals surface area contributed by atoms with Crippen molar-refractivity contribution in [2.45, 2.75) is 26.3 Å². The van der Waals surface area contributed by atoms with Crippen LogP contribution in [0.5, 0.6) is 0 Å². The standard InChI is InChI=1S/C12H15BrN2O3/c1-7(2)10(5-11(16)17)15-12(18)9-4-3-8(13)6-14-9/h3-4,6-7,10H,5H2,1-2H3,(H,15,18)(H,16,17). The van der Waals surface area contributed by atoms with E-state index in [2.05, 4.69) is 26.2 Å². The molecule has 2 N–H and O–H groups in total. The average Bonchev–Trinajstić information content (AvgIpc) is 2.28. The minimum atomic E-state index is -0.933. The summed E-state index contributed by atoms with van der Waals surface area (Å²) in [6, 6.07) is 2.89. The normalized spacial score (nSPS) is 12.2. The molecular formula is C12H15BrN2O3. The van der Waals surface area contributed by atoms with Crippen molar-refractivity contribution in [3.63, 3.8) is 0 Å². The number of nitrogens with one attached hydrogen (secondary N) is 1. The monoisotopic (exact) mass is 314 g/mol. The van der Waals surface area contributed by atoms with Crippen LogP contribution in [-0.4, -0.2) is 28.0 Å². The Labute approximate surface area is 114 Å². The third-order valence-electron chi connectivity index (χ3n) is 2.48. The van der Waals surface area contributed by atoms with Crippen LogP contribution in [0, 0.1) is 5.92 Å². The van der Waals surface area contributed by atoms with Crippen LogP contribution < -0.4 is 5.32 Å². The zero-order chi connectivity index (χ0) is 13.7. The first-order valence-corrected chi connectivity index (χ1v) is 6.33. The molecule has 98 valence electrons. The molecule has 0 aromatic carbocycles. The number of carboxylic acids is 1. The van der Waals surface area contributed by atoms with E-state index in [9.17, 15) is 9.59 Å². The van der Waals surface area contributed by atoms with E-state index in [1.165, 1.54) is 6.20 Å². The van der Waals surface area contributed by atoms with Crippen LogP contribution in [0.25, 0.3) is 0 Å². The van der Waals surface area contributed by atoms with E-state index in [0.29, 0.717) is 0 Å². The van der Waals surface area contributed by atoms with Gasteiger partial charge >= 0.3 is 5.97 Å². The second-order valence-corrected chi connectivity index (χ2v) is 5.20. The van der Waals surface area contributed by atoms with Crippen molar-refractivity contribution in [2.24, 2.45) is 5.92 Å². The number of carbonyl (C=O) groups is 2. The summed E-state index contributed by atoms with van der Waals surface area (Å²) in [6.45, 7) is 3.73. The predicted octanol–water partition coefficient (Wildman–Crippen LogP) is 2.07. The van der Waals surface area contributed by atoms with Crippen molar-refractivity contribution < 1.29 is 14.7 Å². The first kappa shape index (κ1) is 14.6. The largest absolute Gasteiger partial charge is 0.481 e. The van der Waals surface area contributed by atoms with Gasteiger partial charge in [0.25, 0.3) is 5.91 Å². The number of aromatic nitrogens is 1. The molecule has 1 unspecified atom stereocenters. The maximum absolute atomic E-state index is 11.9. The van der Waals surface area contributed by atoms with E-state index in [1.54, 1.807) is 12.1 Å². The molecule has 0 aliphatic carbocycles. The predicted molar refractivity (Wildman–Crippen MR) is 70.3 cm³/mol. The molecule has 1 heterocycles. The Morgan fingerprint density at radius 1 is 1.44 bits per heavy atom. The summed E-state index contributed by atoms with van der Waals surface area (Å²) in [7, 11) is 0. The molecule has 5 nitrogen and oxygen atoms in total. The molecule has 1 aromatic heterocycles. The Bertz CT molecular complexity index is 431. The number of halogens is 1. The summed E-state index contributed by atoms with van der Waals surface area (Å²) in [6.07, 6.45) is 1.43. The van der Waals surface area contributed by atoms with Crippen LogP contribution in [0.3, 0.4) is 0 Å². The Morgan fingerprint density at radius 3 is 2.56 bits per heavy atom. The van der Waals surface area contributed by atoms with E-state index in [-0.39, 0.29) is 23.9 Å². The highest BCUT2D eigenvalue weighted by Crippen LogP contribution is 2.10. The van der Waals surface area contributed by atoms with E-state index in [1.807, 2.05) is 13.8 Å². The summed E-state index contributed by atoms with van der Waals surface area (Å²) >= 11 is 3.23. The minimum Gasteiger partial charge on any atom is -0.481 e. The Hall–Kier alpha value is -1.43. The van der Waals surface area contributed by atoms with Crippen molar-refractivity contribution >= 4 is 27.8 Å². The number of hydrogen-bond donors (Lipinski definition) is 2. The lowest BCUT2D eigenvalue weighted by Gasteiger charge is -2.20. The van der Waals surface area contributed by atoms with Crippen LogP contribution in [0.2, 0.25) is 0 Å². The van der Waals surface area contributed by atoms with Crippen molar-refractivity contribution in [3.05, 3.63) is 28.5 Å². The smallest absolute Gasteiger partial charge is 0.305 e. The molecule has 0 radical (unpaired) electrons. The zero-order valence-corrected chi connectivity index (χ0v) is 11.8. The third-order valence-corrected chi connectivity index (χ3v) is 2.94. The van der Waals surface area contributed by atoms with Crippen molar-refractivity contribution in [3.8, 4) is 0 Å². The third kappa shape index (κ3) is 4.44. The van der Waals surface area contributed by atoms with E-state index in [0.717, 1.165) is 4.47 Å². The molecule has 18 heavy (non-hydrogen) atoms. The fraction of sp³-hybridized carbons (Fsp3) is 0.417. The lowest BCUT2D eigenvalue weighted by molar-refractivity contribution is -0.137. The fourth-order valence-corrected chi connectivity index (χ4v) is 1.63. The number of pyridine rings is 1. The summed E-state index contributed by atoms with van der Waals surface area (Å²) in [5, 5.41) is 11.5. The van der Waals surface area contributed by atoms with Gasteiger partial charge in [0.15, 0.2) is 0 Å². The Balaban J connectivity index is 2.72. The number of aliphatic carboxylic acids is 1. The molecular weight excluding hydrogens is 300 g/mol. The van der Waals surface area contributed by atoms with Crippen molar-refractivity contribution in [1.82, 2.24) is 10.3 Å². The lowest BCUT2D eigenvalue weighted by Crippen LogP contribution is -2.40. The molecule has 0 aliphatic heterocycles. The van der Waals surface area contributed by atoms with Crippen LogP contribution in [0.1, 0.15) is 30.8 Å². The molecule has 1 amide bonds. The summed E-state index contributed by atoms with van der Waals surface area (Å²) in [5.41, 5.74) is 0.272. The van der Waals surface area contributed by atoms with Crippen molar-refractivity contribution in [1.29, 1.82) is 0 Å². The first-order chi connectivity index (χ1) is 8.40. The molecule has 6 heteroatoms. The molecule has 0 saturated heterocycles. The van der Waals surface area contributed by atoms with E-state index in [4.69, 9.17) is 5.11 Å². The van der Waals surface area contributed by atoms with Crippen LogP contribution >= 0.6 is 15.9 Å². The van der Waals surface area contributed by atoms with Gasteiger partial charge in [-0.15, -0.1) is 0 Å². The van der Waals surface area contributed by atoms with E-state index < -0.39 is 12.0 Å². The minimum absolute atomic E-state index is 0.0421. The van der Waals surface area contributed by atoms with Crippen LogP contribution in [0.15, 0.2) is 22.8 Å². The zero-order valence-electron chi connectivity index (χ0n) is 10.2. The number of nitrogens with zero attached hydrogens (tertiary/aromatic N) is 1. The summed E-state index contributed by atoms with van der Waals surface area (Å²) in [4.78, 5) is 26.5. The topological polar surface area (TPSA) is 79.3 Å². The van der Waals surface area contributed by atoms with Gasteiger partial charge in [-0.25, -0.2) is 4.98 Å². The highest BCUT2D eigenvalue weighted by Gasteiger charge is 2.20. The van der Waals surface area contributed by atoms with E-state index >= 15 is 0 Å². The van der Waals surface area contributed by atoms with Gasteiger partial charge in [0.2, 0.25) is 0 Å². The highest BCUT2D eigenvalue weighted by molar-refractivity contribution is 9.10. The summed E-state index contributed by atoms with van der Waals surface area (Å²) in [5.74, 6) is -1.25. The van der Waals surface area contributed by atoms with Gasteiger partial charge in [-0.1, -0.05) is 13.8 Å². The molecule has 1 atom stereocenters. The summed E-state index contributed by atoms with van der Waals surface area (Å²) < 4.78 is 0.782. The molecule has 0 saturated carbocycles. The number of amides is 1. The Kier molecular flexibility index (Phi) is 5.27. The second-order valence-electron chi connectivity index (χ2n) is 4.28.